The molecular formula is C21H23N5O. The second-order valence-corrected chi connectivity index (χ2v) is 6.82. The number of rotatable bonds is 5. The third-order valence-electron chi connectivity index (χ3n) is 4.77. The number of carbonyl (C=O) groups is 1. The number of benzene rings is 1. The van der Waals surface area contributed by atoms with Crippen molar-refractivity contribution in [2.45, 2.75) is 25.8 Å². The van der Waals surface area contributed by atoms with Crippen LogP contribution >= 0.6 is 0 Å². The third-order valence-corrected chi connectivity index (χ3v) is 4.77. The molecule has 3 heterocycles. The second kappa shape index (κ2) is 8.03. The molecule has 27 heavy (non-hydrogen) atoms. The molecule has 0 spiro atoms. The maximum absolute atomic E-state index is 12.5. The van der Waals surface area contributed by atoms with Gasteiger partial charge in [0.15, 0.2) is 0 Å². The molecule has 1 aliphatic rings. The van der Waals surface area contributed by atoms with Gasteiger partial charge in [-0.2, -0.15) is 5.10 Å². The van der Waals surface area contributed by atoms with Crippen LogP contribution in [0, 0.1) is 0 Å². The normalized spacial score (nSPS) is 14.1. The maximum Gasteiger partial charge on any atom is 0.258 e. The first kappa shape index (κ1) is 17.3. The van der Waals surface area contributed by atoms with Gasteiger partial charge < -0.3 is 10.2 Å². The number of nitrogens with one attached hydrogen (secondary N) is 1. The van der Waals surface area contributed by atoms with Crippen LogP contribution in [0.3, 0.4) is 0 Å². The first-order valence-electron chi connectivity index (χ1n) is 9.37. The lowest BCUT2D eigenvalue weighted by atomic mass is 10.1. The summed E-state index contributed by atoms with van der Waals surface area (Å²) in [5.74, 6) is 0.796. The van der Waals surface area contributed by atoms with E-state index >= 15 is 0 Å². The van der Waals surface area contributed by atoms with Crippen LogP contribution in [0.4, 0.5) is 11.5 Å². The molecule has 4 rings (SSSR count). The molecular weight excluding hydrogens is 338 g/mol. The maximum atomic E-state index is 12.5. The van der Waals surface area contributed by atoms with Crippen molar-refractivity contribution in [3.8, 4) is 0 Å². The number of amides is 1. The van der Waals surface area contributed by atoms with Gasteiger partial charge in [-0.25, -0.2) is 4.98 Å². The summed E-state index contributed by atoms with van der Waals surface area (Å²) in [4.78, 5) is 19.3. The summed E-state index contributed by atoms with van der Waals surface area (Å²) in [6.45, 7) is 2.75. The number of carbonyl (C=O) groups excluding carboxylic acids is 1. The first-order chi connectivity index (χ1) is 13.3. The van der Waals surface area contributed by atoms with Gasteiger partial charge in [-0.15, -0.1) is 0 Å². The first-order valence-corrected chi connectivity index (χ1v) is 9.37. The number of aromatic nitrogens is 3. The van der Waals surface area contributed by atoms with Crippen molar-refractivity contribution in [3.63, 3.8) is 0 Å². The smallest absolute Gasteiger partial charge is 0.258 e. The van der Waals surface area contributed by atoms with Gasteiger partial charge in [0, 0.05) is 19.3 Å². The summed E-state index contributed by atoms with van der Waals surface area (Å²) < 4.78 is 1.77. The van der Waals surface area contributed by atoms with Crippen LogP contribution in [0.2, 0.25) is 0 Å². The van der Waals surface area contributed by atoms with Crippen LogP contribution in [0.5, 0.6) is 0 Å². The van der Waals surface area contributed by atoms with Gasteiger partial charge in [0.1, 0.15) is 5.82 Å². The molecule has 0 atom stereocenters. The van der Waals surface area contributed by atoms with E-state index in [1.165, 1.54) is 19.3 Å². The highest BCUT2D eigenvalue weighted by Crippen LogP contribution is 2.19. The highest BCUT2D eigenvalue weighted by molar-refractivity contribution is 6.03. The van der Waals surface area contributed by atoms with Gasteiger partial charge in [-0.05, 0) is 37.0 Å². The molecule has 1 fully saturated rings. The fourth-order valence-corrected chi connectivity index (χ4v) is 3.31. The number of hydrogen-bond donors (Lipinski definition) is 1. The summed E-state index contributed by atoms with van der Waals surface area (Å²) in [5.41, 5.74) is 2.37. The number of nitrogens with zero attached hydrogens (tertiary/aromatic N) is 4. The predicted octanol–water partition coefficient (Wildman–Crippen LogP) is 3.57. The molecule has 6 heteroatoms. The Bertz CT molecular complexity index is 882. The van der Waals surface area contributed by atoms with Crippen molar-refractivity contribution in [3.05, 3.63) is 72.2 Å². The fraction of sp³-hybridized carbons (Fsp3) is 0.286. The van der Waals surface area contributed by atoms with Crippen molar-refractivity contribution >= 4 is 17.4 Å². The van der Waals surface area contributed by atoms with E-state index in [1.54, 1.807) is 23.3 Å². The van der Waals surface area contributed by atoms with Gasteiger partial charge in [0.25, 0.3) is 5.91 Å². The van der Waals surface area contributed by atoms with Gasteiger partial charge >= 0.3 is 0 Å². The highest BCUT2D eigenvalue weighted by Gasteiger charge is 2.13. The van der Waals surface area contributed by atoms with Crippen LogP contribution in [0.15, 0.2) is 61.1 Å². The molecule has 0 unspecified atom stereocenters. The standard InChI is InChI=1S/C21H23N5O/c27-21(18-13-23-26(16-18)15-17-7-3-1-4-8-17)24-19-9-10-20(22-14-19)25-11-5-2-6-12-25/h1,3-4,7-10,13-14,16H,2,5-6,11-12,15H2,(H,24,27). The lowest BCUT2D eigenvalue weighted by Crippen LogP contribution is -2.30. The molecule has 2 aromatic heterocycles. The zero-order valence-electron chi connectivity index (χ0n) is 15.2. The van der Waals surface area contributed by atoms with Crippen LogP contribution < -0.4 is 10.2 Å². The SMILES string of the molecule is O=C(Nc1ccc(N2CCCCC2)nc1)c1cnn(Cc2ccccc2)c1. The van der Waals surface area contributed by atoms with Crippen molar-refractivity contribution in [1.82, 2.24) is 14.8 Å². The summed E-state index contributed by atoms with van der Waals surface area (Å²) >= 11 is 0. The number of pyridine rings is 1. The van der Waals surface area contributed by atoms with Gasteiger partial charge in [0.2, 0.25) is 0 Å². The summed E-state index contributed by atoms with van der Waals surface area (Å²) in [5, 5.41) is 7.18. The molecule has 0 radical (unpaired) electrons. The Balaban J connectivity index is 1.37. The summed E-state index contributed by atoms with van der Waals surface area (Å²) in [7, 11) is 0. The molecule has 1 aliphatic heterocycles. The van der Waals surface area contributed by atoms with E-state index in [2.05, 4.69) is 20.3 Å². The Morgan fingerprint density at radius 1 is 1.00 bits per heavy atom. The van der Waals surface area contributed by atoms with E-state index in [1.807, 2.05) is 42.5 Å². The van der Waals surface area contributed by atoms with Gasteiger partial charge in [0.05, 0.1) is 30.2 Å². The Morgan fingerprint density at radius 3 is 2.56 bits per heavy atom. The van der Waals surface area contributed by atoms with Crippen LogP contribution in [0.25, 0.3) is 0 Å². The van der Waals surface area contributed by atoms with Gasteiger partial charge in [-0.1, -0.05) is 30.3 Å². The highest BCUT2D eigenvalue weighted by atomic mass is 16.1. The quantitative estimate of drug-likeness (QED) is 0.755. The van der Waals surface area contributed by atoms with E-state index < -0.39 is 0 Å². The average molecular weight is 361 g/mol. The largest absolute Gasteiger partial charge is 0.357 e. The third kappa shape index (κ3) is 4.34. The number of anilines is 2. The van der Waals surface area contributed by atoms with Crippen LogP contribution in [-0.2, 0) is 6.54 Å². The lowest BCUT2D eigenvalue weighted by molar-refractivity contribution is 0.102. The van der Waals surface area contributed by atoms with Crippen molar-refractivity contribution < 1.29 is 4.79 Å². The van der Waals surface area contributed by atoms with Crippen molar-refractivity contribution in [2.75, 3.05) is 23.3 Å². The minimum atomic E-state index is -0.179. The van der Waals surface area contributed by atoms with E-state index in [-0.39, 0.29) is 5.91 Å². The molecule has 1 saturated heterocycles. The second-order valence-electron chi connectivity index (χ2n) is 6.82. The minimum Gasteiger partial charge on any atom is -0.357 e. The van der Waals surface area contributed by atoms with Crippen LogP contribution in [0.1, 0.15) is 35.2 Å². The van der Waals surface area contributed by atoms with E-state index in [0.29, 0.717) is 17.8 Å². The Labute approximate surface area is 158 Å². The molecule has 6 nitrogen and oxygen atoms in total. The molecule has 0 bridgehead atoms. The Morgan fingerprint density at radius 2 is 1.81 bits per heavy atom. The topological polar surface area (TPSA) is 63.1 Å². The summed E-state index contributed by atoms with van der Waals surface area (Å²) in [6, 6.07) is 13.9. The Kier molecular flexibility index (Phi) is 5.14. The average Bonchev–Trinajstić information content (AvgIpc) is 3.19. The van der Waals surface area contributed by atoms with E-state index in [9.17, 15) is 4.79 Å². The van der Waals surface area contributed by atoms with E-state index in [0.717, 1.165) is 24.5 Å². The van der Waals surface area contributed by atoms with Crippen molar-refractivity contribution in [1.29, 1.82) is 0 Å². The molecule has 1 N–H and O–H groups in total. The number of piperidine rings is 1. The van der Waals surface area contributed by atoms with Crippen molar-refractivity contribution in [2.24, 2.45) is 0 Å². The monoisotopic (exact) mass is 361 g/mol. The molecule has 1 aromatic carbocycles. The fourth-order valence-electron chi connectivity index (χ4n) is 3.31. The zero-order chi connectivity index (χ0) is 18.5. The van der Waals surface area contributed by atoms with E-state index in [4.69, 9.17) is 0 Å². The molecule has 138 valence electrons. The molecule has 0 saturated carbocycles. The minimum absolute atomic E-state index is 0.179. The summed E-state index contributed by atoms with van der Waals surface area (Å²) in [6.07, 6.45) is 8.80. The predicted molar refractivity (Wildman–Crippen MR) is 106 cm³/mol. The molecule has 0 aliphatic carbocycles. The molecule has 1 amide bonds. The number of hydrogen-bond acceptors (Lipinski definition) is 4. The lowest BCUT2D eigenvalue weighted by Gasteiger charge is -2.27. The van der Waals surface area contributed by atoms with Gasteiger partial charge in [-0.3, -0.25) is 9.48 Å². The zero-order valence-corrected chi connectivity index (χ0v) is 15.2. The van der Waals surface area contributed by atoms with Crippen LogP contribution in [-0.4, -0.2) is 33.8 Å². The Hall–Kier alpha value is -3.15. The molecule has 3 aromatic rings.